The molecule has 2 atom stereocenters. The van der Waals surface area contributed by atoms with E-state index in [1.807, 2.05) is 0 Å². The summed E-state index contributed by atoms with van der Waals surface area (Å²) in [4.78, 5) is 2.31. The van der Waals surface area contributed by atoms with Crippen LogP contribution in [0.4, 0.5) is 0 Å². The van der Waals surface area contributed by atoms with E-state index in [1.54, 1.807) is 0 Å². The summed E-state index contributed by atoms with van der Waals surface area (Å²) in [7, 11) is 4.34. The molecule has 1 saturated carbocycles. The molecular formula is C19H31NO. The number of hydrogen-bond acceptors (Lipinski definition) is 2. The number of ether oxygens (including phenoxy) is 1. The van der Waals surface area contributed by atoms with Gasteiger partial charge in [-0.3, -0.25) is 0 Å². The summed E-state index contributed by atoms with van der Waals surface area (Å²) >= 11 is 0. The summed E-state index contributed by atoms with van der Waals surface area (Å²) < 4.78 is 6.61. The van der Waals surface area contributed by atoms with E-state index in [4.69, 9.17) is 4.74 Å². The highest BCUT2D eigenvalue weighted by Crippen LogP contribution is 2.46. The summed E-state index contributed by atoms with van der Waals surface area (Å²) in [6, 6.07) is 8.95. The molecule has 0 radical (unpaired) electrons. The molecule has 2 nitrogen and oxygen atoms in total. The van der Waals surface area contributed by atoms with Gasteiger partial charge in [0.25, 0.3) is 0 Å². The summed E-state index contributed by atoms with van der Waals surface area (Å²) in [5, 5.41) is 0. The summed E-state index contributed by atoms with van der Waals surface area (Å²) in [6.07, 6.45) is 5.26. The van der Waals surface area contributed by atoms with Crippen LogP contribution in [0.25, 0.3) is 0 Å². The molecule has 1 aliphatic carbocycles. The van der Waals surface area contributed by atoms with Crippen molar-refractivity contribution < 1.29 is 4.74 Å². The Hall–Kier alpha value is -0.860. The molecule has 0 bridgehead atoms. The zero-order chi connectivity index (χ0) is 15.5. The molecule has 0 aromatic heterocycles. The van der Waals surface area contributed by atoms with Crippen molar-refractivity contribution in [2.24, 2.45) is 5.92 Å². The summed E-state index contributed by atoms with van der Waals surface area (Å²) in [5.74, 6) is 0.574. The molecular weight excluding hydrogens is 258 g/mol. The van der Waals surface area contributed by atoms with E-state index >= 15 is 0 Å². The molecule has 0 saturated heterocycles. The van der Waals surface area contributed by atoms with Crippen LogP contribution < -0.4 is 0 Å². The fourth-order valence-corrected chi connectivity index (χ4v) is 3.83. The third-order valence-electron chi connectivity index (χ3n) is 4.55. The molecule has 0 spiro atoms. The Labute approximate surface area is 130 Å². The second-order valence-corrected chi connectivity index (χ2v) is 7.13. The number of hydrogen-bond donors (Lipinski definition) is 0. The maximum atomic E-state index is 6.61. The van der Waals surface area contributed by atoms with Gasteiger partial charge in [0, 0.05) is 12.5 Å². The average molecular weight is 289 g/mol. The summed E-state index contributed by atoms with van der Waals surface area (Å²) in [5.41, 5.74) is 2.60. The smallest absolute Gasteiger partial charge is 0.0975 e. The third kappa shape index (κ3) is 3.87. The molecule has 2 rings (SSSR count). The number of rotatable bonds is 5. The van der Waals surface area contributed by atoms with Gasteiger partial charge in [0.15, 0.2) is 0 Å². The van der Waals surface area contributed by atoms with Crippen LogP contribution in [0.15, 0.2) is 24.3 Å². The first-order valence-electron chi connectivity index (χ1n) is 8.34. The zero-order valence-corrected chi connectivity index (χ0v) is 14.4. The van der Waals surface area contributed by atoms with E-state index in [0.29, 0.717) is 5.92 Å². The molecule has 21 heavy (non-hydrogen) atoms. The van der Waals surface area contributed by atoms with Crippen molar-refractivity contribution in [2.75, 3.05) is 20.6 Å². The molecule has 2 heteroatoms. The minimum absolute atomic E-state index is 0.108. The highest BCUT2D eigenvalue weighted by atomic mass is 16.5. The van der Waals surface area contributed by atoms with Crippen LogP contribution in [-0.4, -0.2) is 31.6 Å². The second kappa shape index (κ2) is 6.93. The first-order chi connectivity index (χ1) is 9.94. The molecule has 0 N–H and O–H groups in total. The van der Waals surface area contributed by atoms with Crippen LogP contribution in [0.2, 0.25) is 0 Å². The highest BCUT2D eigenvalue weighted by molar-refractivity contribution is 5.29. The van der Waals surface area contributed by atoms with E-state index in [9.17, 15) is 0 Å². The number of benzene rings is 1. The Kier molecular flexibility index (Phi) is 5.45. The van der Waals surface area contributed by atoms with Gasteiger partial charge in [-0.1, -0.05) is 42.7 Å². The summed E-state index contributed by atoms with van der Waals surface area (Å²) in [6.45, 7) is 7.61. The Morgan fingerprint density at radius 2 is 2.05 bits per heavy atom. The van der Waals surface area contributed by atoms with Gasteiger partial charge in [0.1, 0.15) is 0 Å². The number of nitrogens with zero attached hydrogens (tertiary/aromatic N) is 1. The van der Waals surface area contributed by atoms with E-state index in [0.717, 1.165) is 13.0 Å². The van der Waals surface area contributed by atoms with Gasteiger partial charge in [0.05, 0.1) is 11.7 Å². The monoisotopic (exact) mass is 289 g/mol. The predicted molar refractivity (Wildman–Crippen MR) is 89.6 cm³/mol. The molecule has 0 heterocycles. The lowest BCUT2D eigenvalue weighted by Crippen LogP contribution is -2.46. The van der Waals surface area contributed by atoms with E-state index in [2.05, 4.69) is 64.0 Å². The normalized spacial score (nSPS) is 26.5. The number of aryl methyl sites for hydroxylation is 1. The van der Waals surface area contributed by atoms with Crippen LogP contribution in [0.3, 0.4) is 0 Å². The van der Waals surface area contributed by atoms with Gasteiger partial charge < -0.3 is 9.64 Å². The Balaban J connectivity index is 2.42. The minimum Gasteiger partial charge on any atom is -0.367 e. The van der Waals surface area contributed by atoms with Gasteiger partial charge in [-0.25, -0.2) is 0 Å². The maximum Gasteiger partial charge on any atom is 0.0975 e. The Morgan fingerprint density at radius 1 is 1.29 bits per heavy atom. The second-order valence-electron chi connectivity index (χ2n) is 7.13. The van der Waals surface area contributed by atoms with E-state index in [-0.39, 0.29) is 11.7 Å². The molecule has 1 aliphatic rings. The van der Waals surface area contributed by atoms with Crippen molar-refractivity contribution in [1.82, 2.24) is 4.90 Å². The fourth-order valence-electron chi connectivity index (χ4n) is 3.83. The first kappa shape index (κ1) is 16.5. The van der Waals surface area contributed by atoms with Crippen molar-refractivity contribution in [2.45, 2.75) is 58.2 Å². The SMILES string of the molecule is Cc1cccc([C@@]2(OC(C)C)CCCCC2CN(C)C)c1. The van der Waals surface area contributed by atoms with Gasteiger partial charge in [-0.05, 0) is 53.3 Å². The minimum atomic E-state index is -0.108. The van der Waals surface area contributed by atoms with Crippen molar-refractivity contribution in [1.29, 1.82) is 0 Å². The van der Waals surface area contributed by atoms with Gasteiger partial charge >= 0.3 is 0 Å². The molecule has 118 valence electrons. The van der Waals surface area contributed by atoms with Crippen LogP contribution in [0.5, 0.6) is 0 Å². The van der Waals surface area contributed by atoms with Crippen LogP contribution in [0.1, 0.15) is 50.7 Å². The molecule has 0 amide bonds. The van der Waals surface area contributed by atoms with Crippen LogP contribution >= 0.6 is 0 Å². The quantitative estimate of drug-likeness (QED) is 0.798. The molecule has 1 aromatic rings. The molecule has 1 fully saturated rings. The van der Waals surface area contributed by atoms with Crippen LogP contribution in [-0.2, 0) is 10.3 Å². The van der Waals surface area contributed by atoms with Gasteiger partial charge in [0.2, 0.25) is 0 Å². The van der Waals surface area contributed by atoms with Crippen molar-refractivity contribution in [3.05, 3.63) is 35.4 Å². The maximum absolute atomic E-state index is 6.61. The molecule has 1 aromatic carbocycles. The lowest BCUT2D eigenvalue weighted by Gasteiger charge is -2.46. The lowest BCUT2D eigenvalue weighted by molar-refractivity contribution is -0.146. The van der Waals surface area contributed by atoms with Crippen molar-refractivity contribution in [3.8, 4) is 0 Å². The topological polar surface area (TPSA) is 12.5 Å². The molecule has 1 unspecified atom stereocenters. The highest BCUT2D eigenvalue weighted by Gasteiger charge is 2.44. The molecule has 0 aliphatic heterocycles. The first-order valence-corrected chi connectivity index (χ1v) is 8.34. The van der Waals surface area contributed by atoms with E-state index in [1.165, 1.54) is 30.4 Å². The van der Waals surface area contributed by atoms with Gasteiger partial charge in [-0.15, -0.1) is 0 Å². The fraction of sp³-hybridized carbons (Fsp3) is 0.684. The lowest BCUT2D eigenvalue weighted by atomic mass is 9.70. The van der Waals surface area contributed by atoms with E-state index < -0.39 is 0 Å². The third-order valence-corrected chi connectivity index (χ3v) is 4.55. The predicted octanol–water partition coefficient (Wildman–Crippen LogP) is 4.37. The zero-order valence-electron chi connectivity index (χ0n) is 14.4. The Morgan fingerprint density at radius 3 is 2.67 bits per heavy atom. The van der Waals surface area contributed by atoms with Gasteiger partial charge in [-0.2, -0.15) is 0 Å². The average Bonchev–Trinajstić information content (AvgIpc) is 2.40. The standard InChI is InChI=1S/C19H31NO/c1-15(2)21-19(17-11-8-9-16(3)13-17)12-7-6-10-18(19)14-20(4)5/h8-9,11,13,15,18H,6-7,10,12,14H2,1-5H3/t18?,19-/m0/s1. The largest absolute Gasteiger partial charge is 0.367 e. The Bertz CT molecular complexity index is 455. The van der Waals surface area contributed by atoms with Crippen molar-refractivity contribution >= 4 is 0 Å². The van der Waals surface area contributed by atoms with Crippen molar-refractivity contribution in [3.63, 3.8) is 0 Å². The van der Waals surface area contributed by atoms with Crippen LogP contribution in [0, 0.1) is 12.8 Å².